The number of fused-ring (bicyclic) bond motifs is 2. The second-order valence-corrected chi connectivity index (χ2v) is 7.66. The minimum atomic E-state index is 0.111. The summed E-state index contributed by atoms with van der Waals surface area (Å²) in [4.78, 5) is 8.82. The van der Waals surface area contributed by atoms with Crippen molar-refractivity contribution in [2.75, 3.05) is 19.5 Å². The zero-order chi connectivity index (χ0) is 21.4. The van der Waals surface area contributed by atoms with Crippen LogP contribution < -0.4 is 15.2 Å². The van der Waals surface area contributed by atoms with Crippen LogP contribution in [0.3, 0.4) is 0 Å². The number of anilines is 1. The summed E-state index contributed by atoms with van der Waals surface area (Å²) in [6.45, 7) is 2.51. The van der Waals surface area contributed by atoms with Crippen LogP contribution in [0.2, 0.25) is 0 Å². The van der Waals surface area contributed by atoms with Crippen molar-refractivity contribution in [1.29, 1.82) is 0 Å². The Morgan fingerprint density at radius 1 is 1.13 bits per heavy atom. The second-order valence-electron chi connectivity index (χ2n) is 7.66. The van der Waals surface area contributed by atoms with Crippen molar-refractivity contribution in [3.05, 3.63) is 59.9 Å². The Balaban J connectivity index is 1.70. The molecule has 0 bridgehead atoms. The molecule has 0 saturated carbocycles. The van der Waals surface area contributed by atoms with Crippen molar-refractivity contribution >= 4 is 16.9 Å². The molecule has 0 saturated heterocycles. The van der Waals surface area contributed by atoms with E-state index < -0.39 is 0 Å². The summed E-state index contributed by atoms with van der Waals surface area (Å²) in [5, 5.41) is 5.79. The van der Waals surface area contributed by atoms with E-state index in [-0.39, 0.29) is 6.04 Å². The number of nitrogens with zero attached hydrogens (tertiary/aromatic N) is 4. The van der Waals surface area contributed by atoms with E-state index >= 15 is 0 Å². The van der Waals surface area contributed by atoms with E-state index in [9.17, 15) is 0 Å². The fourth-order valence-electron chi connectivity index (χ4n) is 4.49. The number of methoxy groups -OCH3 is 1. The van der Waals surface area contributed by atoms with Crippen molar-refractivity contribution in [2.45, 2.75) is 32.2 Å². The average Bonchev–Trinajstić information content (AvgIpc) is 3.20. The number of hydrogen-bond donors (Lipinski definition) is 1. The SMILES string of the molecule is CCOc1ccc(-c2nn(C3CCCc4ccccc43)c3ncnc(N)c23)cc1OC. The Kier molecular flexibility index (Phi) is 4.94. The highest BCUT2D eigenvalue weighted by molar-refractivity contribution is 5.98. The van der Waals surface area contributed by atoms with Gasteiger partial charge in [0.05, 0.1) is 25.1 Å². The summed E-state index contributed by atoms with van der Waals surface area (Å²) in [6.07, 6.45) is 4.71. The van der Waals surface area contributed by atoms with Crippen LogP contribution in [0.4, 0.5) is 5.82 Å². The monoisotopic (exact) mass is 415 g/mol. The minimum absolute atomic E-state index is 0.111. The number of aromatic nitrogens is 4. The zero-order valence-electron chi connectivity index (χ0n) is 17.7. The highest BCUT2D eigenvalue weighted by atomic mass is 16.5. The predicted octanol–water partition coefficient (Wildman–Crippen LogP) is 4.41. The first-order valence-electron chi connectivity index (χ1n) is 10.6. The molecule has 2 heterocycles. The molecule has 7 nitrogen and oxygen atoms in total. The number of nitrogens with two attached hydrogens (primary N) is 1. The molecule has 0 fully saturated rings. The fourth-order valence-corrected chi connectivity index (χ4v) is 4.49. The second kappa shape index (κ2) is 7.91. The number of aryl methyl sites for hydroxylation is 1. The summed E-state index contributed by atoms with van der Waals surface area (Å²) in [5.74, 6) is 1.77. The number of ether oxygens (including phenoxy) is 2. The van der Waals surface area contributed by atoms with Gasteiger partial charge in [-0.25, -0.2) is 14.6 Å². The Morgan fingerprint density at radius 3 is 2.84 bits per heavy atom. The molecule has 1 unspecified atom stereocenters. The van der Waals surface area contributed by atoms with Gasteiger partial charge in [0.2, 0.25) is 0 Å². The smallest absolute Gasteiger partial charge is 0.164 e. The molecule has 1 aliphatic rings. The number of benzene rings is 2. The van der Waals surface area contributed by atoms with Crippen LogP contribution in [0.15, 0.2) is 48.8 Å². The number of rotatable bonds is 5. The molecule has 2 aromatic carbocycles. The molecule has 0 spiro atoms. The lowest BCUT2D eigenvalue weighted by Gasteiger charge is -2.26. The molecule has 5 rings (SSSR count). The molecule has 4 aromatic rings. The van der Waals surface area contributed by atoms with Gasteiger partial charge in [-0.2, -0.15) is 5.10 Å². The first-order valence-corrected chi connectivity index (χ1v) is 10.6. The normalized spacial score (nSPS) is 15.6. The van der Waals surface area contributed by atoms with E-state index in [1.165, 1.54) is 17.5 Å². The lowest BCUT2D eigenvalue weighted by Crippen LogP contribution is -2.18. The van der Waals surface area contributed by atoms with Crippen LogP contribution in [0.1, 0.15) is 36.9 Å². The molecule has 2 aromatic heterocycles. The van der Waals surface area contributed by atoms with Crippen molar-refractivity contribution in [3.63, 3.8) is 0 Å². The van der Waals surface area contributed by atoms with E-state index in [0.717, 1.165) is 41.6 Å². The van der Waals surface area contributed by atoms with Gasteiger partial charge in [-0.3, -0.25) is 0 Å². The van der Waals surface area contributed by atoms with Gasteiger partial charge in [-0.15, -0.1) is 0 Å². The van der Waals surface area contributed by atoms with Crippen molar-refractivity contribution in [1.82, 2.24) is 19.7 Å². The molecule has 0 radical (unpaired) electrons. The van der Waals surface area contributed by atoms with Gasteiger partial charge < -0.3 is 15.2 Å². The summed E-state index contributed by atoms with van der Waals surface area (Å²) in [7, 11) is 1.63. The summed E-state index contributed by atoms with van der Waals surface area (Å²) in [5.41, 5.74) is 11.4. The maximum Gasteiger partial charge on any atom is 0.164 e. The lowest BCUT2D eigenvalue weighted by atomic mass is 9.88. The first-order chi connectivity index (χ1) is 15.2. The Hall–Kier alpha value is -3.61. The van der Waals surface area contributed by atoms with Crippen LogP contribution in [0.25, 0.3) is 22.3 Å². The lowest BCUT2D eigenvalue weighted by molar-refractivity contribution is 0.311. The molecule has 0 aliphatic heterocycles. The first kappa shape index (κ1) is 19.4. The number of nitrogen functional groups attached to an aromatic ring is 1. The highest BCUT2D eigenvalue weighted by Gasteiger charge is 2.27. The van der Waals surface area contributed by atoms with Crippen molar-refractivity contribution < 1.29 is 9.47 Å². The van der Waals surface area contributed by atoms with Crippen LogP contribution in [-0.2, 0) is 6.42 Å². The van der Waals surface area contributed by atoms with E-state index in [1.807, 2.05) is 29.8 Å². The van der Waals surface area contributed by atoms with Crippen LogP contribution in [-0.4, -0.2) is 33.5 Å². The Labute approximate surface area is 180 Å². The molecule has 0 amide bonds. The average molecular weight is 415 g/mol. The van der Waals surface area contributed by atoms with Crippen molar-refractivity contribution in [3.8, 4) is 22.8 Å². The van der Waals surface area contributed by atoms with Crippen LogP contribution in [0.5, 0.6) is 11.5 Å². The topological polar surface area (TPSA) is 88.1 Å². The van der Waals surface area contributed by atoms with Gasteiger partial charge in [0, 0.05) is 5.56 Å². The summed E-state index contributed by atoms with van der Waals surface area (Å²) < 4.78 is 13.2. The van der Waals surface area contributed by atoms with E-state index in [2.05, 4.69) is 34.2 Å². The third-order valence-electron chi connectivity index (χ3n) is 5.89. The fraction of sp³-hybridized carbons (Fsp3) is 0.292. The molecular formula is C24H25N5O2. The van der Waals surface area contributed by atoms with Gasteiger partial charge in [-0.1, -0.05) is 24.3 Å². The molecule has 7 heteroatoms. The quantitative estimate of drug-likeness (QED) is 0.519. The summed E-state index contributed by atoms with van der Waals surface area (Å²) in [6, 6.07) is 14.5. The molecule has 31 heavy (non-hydrogen) atoms. The van der Waals surface area contributed by atoms with E-state index in [0.29, 0.717) is 23.9 Å². The number of hydrogen-bond acceptors (Lipinski definition) is 6. The van der Waals surface area contributed by atoms with Gasteiger partial charge in [0.25, 0.3) is 0 Å². The standard InChI is InChI=1S/C24H25N5O2/c1-3-31-19-12-11-16(13-20(19)30-2)22-21-23(25)26-14-27-24(21)29(28-22)18-10-6-8-15-7-4-5-9-17(15)18/h4-5,7,9,11-14,18H,3,6,8,10H2,1-2H3,(H2,25,26,27). The molecule has 2 N–H and O–H groups in total. The molecule has 1 atom stereocenters. The summed E-state index contributed by atoms with van der Waals surface area (Å²) >= 11 is 0. The molecule has 1 aliphatic carbocycles. The minimum Gasteiger partial charge on any atom is -0.493 e. The van der Waals surface area contributed by atoms with Crippen molar-refractivity contribution in [2.24, 2.45) is 0 Å². The molecule has 158 valence electrons. The van der Waals surface area contributed by atoms with Crippen LogP contribution >= 0.6 is 0 Å². The predicted molar refractivity (Wildman–Crippen MR) is 120 cm³/mol. The third kappa shape index (κ3) is 3.26. The van der Waals surface area contributed by atoms with Crippen LogP contribution in [0, 0.1) is 0 Å². The van der Waals surface area contributed by atoms with Gasteiger partial charge in [-0.05, 0) is 55.5 Å². The maximum absolute atomic E-state index is 6.32. The van der Waals surface area contributed by atoms with Gasteiger partial charge in [0.15, 0.2) is 17.1 Å². The van der Waals surface area contributed by atoms with Gasteiger partial charge >= 0.3 is 0 Å². The van der Waals surface area contributed by atoms with Gasteiger partial charge in [0.1, 0.15) is 17.8 Å². The van der Waals surface area contributed by atoms with E-state index in [1.54, 1.807) is 7.11 Å². The molecular weight excluding hydrogens is 390 g/mol. The Morgan fingerprint density at radius 2 is 2.00 bits per heavy atom. The highest BCUT2D eigenvalue weighted by Crippen LogP contribution is 2.39. The zero-order valence-corrected chi connectivity index (χ0v) is 17.7. The maximum atomic E-state index is 6.32. The van der Waals surface area contributed by atoms with E-state index in [4.69, 9.17) is 20.3 Å². The third-order valence-corrected chi connectivity index (χ3v) is 5.89. The Bertz CT molecular complexity index is 1250. The largest absolute Gasteiger partial charge is 0.493 e.